The lowest BCUT2D eigenvalue weighted by atomic mass is 10.2. The van der Waals surface area contributed by atoms with Crippen LogP contribution in [0.1, 0.15) is 22.3 Å². The molecule has 2 aromatic carbocycles. The van der Waals surface area contributed by atoms with Gasteiger partial charge in [0.05, 0.1) is 25.6 Å². The van der Waals surface area contributed by atoms with Crippen LogP contribution in [-0.2, 0) is 4.79 Å². The zero-order valence-electron chi connectivity index (χ0n) is 16.8. The van der Waals surface area contributed by atoms with Gasteiger partial charge in [-0.1, -0.05) is 0 Å². The largest absolute Gasteiger partial charge is 0.493 e. The number of thiazole rings is 1. The first-order chi connectivity index (χ1) is 14.3. The van der Waals surface area contributed by atoms with E-state index >= 15 is 0 Å². The van der Waals surface area contributed by atoms with Crippen LogP contribution >= 0.6 is 11.3 Å². The third kappa shape index (κ3) is 4.57. The number of aromatic nitrogens is 1. The third-order valence-electron chi connectivity index (χ3n) is 4.17. The Labute approximate surface area is 176 Å². The number of nitrogens with one attached hydrogen (secondary N) is 2. The average molecular weight is 429 g/mol. The Bertz CT molecular complexity index is 1110. The molecule has 0 saturated heterocycles. The number of nitrogens with zero attached hydrogens (tertiary/aromatic N) is 1. The molecular formula is C21H20FN3O4S. The highest BCUT2D eigenvalue weighted by Gasteiger charge is 2.18. The maximum atomic E-state index is 13.8. The van der Waals surface area contributed by atoms with E-state index in [0.717, 1.165) is 5.56 Å². The number of aryl methyl sites for hydroxylation is 1. The van der Waals surface area contributed by atoms with Gasteiger partial charge >= 0.3 is 0 Å². The van der Waals surface area contributed by atoms with Crippen LogP contribution in [-0.4, -0.2) is 31.0 Å². The van der Waals surface area contributed by atoms with E-state index in [4.69, 9.17) is 9.47 Å². The van der Waals surface area contributed by atoms with E-state index in [1.165, 1.54) is 36.5 Å². The number of anilines is 2. The molecule has 1 aromatic heterocycles. The lowest BCUT2D eigenvalue weighted by Crippen LogP contribution is -2.13. The Kier molecular flexibility index (Phi) is 6.31. The molecular weight excluding hydrogens is 409 g/mol. The van der Waals surface area contributed by atoms with E-state index in [0.29, 0.717) is 32.8 Å². The number of ether oxygens (including phenoxy) is 2. The summed E-state index contributed by atoms with van der Waals surface area (Å²) in [4.78, 5) is 28.9. The molecule has 1 heterocycles. The van der Waals surface area contributed by atoms with Crippen LogP contribution in [0.4, 0.5) is 15.8 Å². The first kappa shape index (κ1) is 21.3. The summed E-state index contributed by atoms with van der Waals surface area (Å²) in [6, 6.07) is 9.35. The Hall–Kier alpha value is -3.46. The Morgan fingerprint density at radius 2 is 1.77 bits per heavy atom. The molecule has 7 nitrogen and oxygen atoms in total. The minimum Gasteiger partial charge on any atom is -0.493 e. The predicted octanol–water partition coefficient (Wildman–Crippen LogP) is 4.49. The molecule has 0 aliphatic carbocycles. The summed E-state index contributed by atoms with van der Waals surface area (Å²) in [5, 5.41) is 5.75. The van der Waals surface area contributed by atoms with Crippen LogP contribution in [0.15, 0.2) is 36.4 Å². The van der Waals surface area contributed by atoms with Gasteiger partial charge in [-0.05, 0) is 43.3 Å². The topological polar surface area (TPSA) is 89.5 Å². The SMILES string of the molecule is COc1ccc(-c2nc(C)c(C(=O)Nc3ccc(F)c(NC(C)=O)c3)s2)cc1OC. The molecule has 3 rings (SSSR count). The zero-order chi connectivity index (χ0) is 21.8. The summed E-state index contributed by atoms with van der Waals surface area (Å²) in [5.74, 6) is -0.218. The van der Waals surface area contributed by atoms with Gasteiger partial charge in [0, 0.05) is 18.2 Å². The molecule has 2 N–H and O–H groups in total. The second kappa shape index (κ2) is 8.91. The highest BCUT2D eigenvalue weighted by Crippen LogP contribution is 2.35. The maximum Gasteiger partial charge on any atom is 0.267 e. The molecule has 0 fully saturated rings. The van der Waals surface area contributed by atoms with Gasteiger partial charge in [0.25, 0.3) is 5.91 Å². The monoisotopic (exact) mass is 429 g/mol. The number of halogens is 1. The van der Waals surface area contributed by atoms with Crippen LogP contribution in [0.2, 0.25) is 0 Å². The number of carbonyl (C=O) groups is 2. The Morgan fingerprint density at radius 1 is 1.03 bits per heavy atom. The van der Waals surface area contributed by atoms with Crippen molar-refractivity contribution in [2.24, 2.45) is 0 Å². The number of amides is 2. The zero-order valence-corrected chi connectivity index (χ0v) is 17.6. The van der Waals surface area contributed by atoms with Crippen LogP contribution in [0.25, 0.3) is 10.6 Å². The van der Waals surface area contributed by atoms with Gasteiger partial charge < -0.3 is 20.1 Å². The summed E-state index contributed by atoms with van der Waals surface area (Å²) < 4.78 is 24.4. The molecule has 0 bridgehead atoms. The summed E-state index contributed by atoms with van der Waals surface area (Å²) in [7, 11) is 3.10. The fourth-order valence-electron chi connectivity index (χ4n) is 2.78. The average Bonchev–Trinajstić information content (AvgIpc) is 3.11. The Balaban J connectivity index is 1.85. The second-order valence-electron chi connectivity index (χ2n) is 6.33. The highest BCUT2D eigenvalue weighted by atomic mass is 32.1. The van der Waals surface area contributed by atoms with E-state index in [9.17, 15) is 14.0 Å². The summed E-state index contributed by atoms with van der Waals surface area (Å²) >= 11 is 1.23. The molecule has 30 heavy (non-hydrogen) atoms. The minimum atomic E-state index is -0.590. The van der Waals surface area contributed by atoms with Crippen molar-refractivity contribution >= 4 is 34.5 Å². The van der Waals surface area contributed by atoms with Crippen molar-refractivity contribution in [3.63, 3.8) is 0 Å². The molecule has 3 aromatic rings. The quantitative estimate of drug-likeness (QED) is 0.603. The molecule has 0 aliphatic heterocycles. The van der Waals surface area contributed by atoms with E-state index in [-0.39, 0.29) is 11.6 Å². The number of rotatable bonds is 6. The summed E-state index contributed by atoms with van der Waals surface area (Å²) in [6.45, 7) is 3.02. The standard InChI is InChI=1S/C21H20FN3O4S/c1-11-19(20(27)25-14-6-7-15(22)16(10-14)24-12(2)26)30-21(23-11)13-5-8-17(28-3)18(9-13)29-4/h5-10H,1-4H3,(H,24,26)(H,25,27). The molecule has 0 unspecified atom stereocenters. The third-order valence-corrected chi connectivity index (χ3v) is 5.37. The molecule has 2 amide bonds. The summed E-state index contributed by atoms with van der Waals surface area (Å²) in [5.41, 5.74) is 1.69. The Morgan fingerprint density at radius 3 is 2.43 bits per heavy atom. The van der Waals surface area contributed by atoms with Crippen LogP contribution in [0, 0.1) is 12.7 Å². The first-order valence-corrected chi connectivity index (χ1v) is 9.72. The maximum absolute atomic E-state index is 13.8. The normalized spacial score (nSPS) is 10.4. The van der Waals surface area contributed by atoms with Gasteiger partial charge in [-0.3, -0.25) is 9.59 Å². The minimum absolute atomic E-state index is 0.00709. The lowest BCUT2D eigenvalue weighted by molar-refractivity contribution is -0.114. The summed E-state index contributed by atoms with van der Waals surface area (Å²) in [6.07, 6.45) is 0. The molecule has 0 radical (unpaired) electrons. The number of methoxy groups -OCH3 is 2. The van der Waals surface area contributed by atoms with E-state index in [1.54, 1.807) is 33.3 Å². The smallest absolute Gasteiger partial charge is 0.267 e. The first-order valence-electron chi connectivity index (χ1n) is 8.90. The number of hydrogen-bond donors (Lipinski definition) is 2. The molecule has 0 atom stereocenters. The van der Waals surface area contributed by atoms with Gasteiger partial charge in [-0.25, -0.2) is 9.37 Å². The highest BCUT2D eigenvalue weighted by molar-refractivity contribution is 7.17. The van der Waals surface area contributed by atoms with Gasteiger partial charge in [0.1, 0.15) is 15.7 Å². The van der Waals surface area contributed by atoms with E-state index < -0.39 is 11.7 Å². The van der Waals surface area contributed by atoms with Crippen LogP contribution in [0.5, 0.6) is 11.5 Å². The van der Waals surface area contributed by atoms with E-state index in [1.807, 2.05) is 6.07 Å². The van der Waals surface area contributed by atoms with Crippen molar-refractivity contribution in [3.8, 4) is 22.1 Å². The molecule has 0 spiro atoms. The van der Waals surface area contributed by atoms with Gasteiger partial charge in [-0.2, -0.15) is 0 Å². The van der Waals surface area contributed by atoms with Crippen molar-refractivity contribution < 1.29 is 23.5 Å². The van der Waals surface area contributed by atoms with Gasteiger partial charge in [-0.15, -0.1) is 11.3 Å². The molecule has 0 aliphatic rings. The lowest BCUT2D eigenvalue weighted by Gasteiger charge is -2.08. The van der Waals surface area contributed by atoms with Crippen molar-refractivity contribution in [3.05, 3.63) is 52.8 Å². The van der Waals surface area contributed by atoms with Crippen LogP contribution < -0.4 is 20.1 Å². The van der Waals surface area contributed by atoms with Gasteiger partial charge in [0.2, 0.25) is 5.91 Å². The predicted molar refractivity (Wildman–Crippen MR) is 114 cm³/mol. The van der Waals surface area contributed by atoms with Crippen LogP contribution in [0.3, 0.4) is 0 Å². The van der Waals surface area contributed by atoms with Crippen molar-refractivity contribution in [2.45, 2.75) is 13.8 Å². The number of benzene rings is 2. The fourth-order valence-corrected chi connectivity index (χ4v) is 3.73. The fraction of sp³-hybridized carbons (Fsp3) is 0.190. The molecule has 156 valence electrons. The van der Waals surface area contributed by atoms with Crippen molar-refractivity contribution in [1.29, 1.82) is 0 Å². The van der Waals surface area contributed by atoms with Gasteiger partial charge in [0.15, 0.2) is 11.5 Å². The van der Waals surface area contributed by atoms with Crippen molar-refractivity contribution in [1.82, 2.24) is 4.98 Å². The van der Waals surface area contributed by atoms with E-state index in [2.05, 4.69) is 15.6 Å². The van der Waals surface area contributed by atoms with Crippen molar-refractivity contribution in [2.75, 3.05) is 24.9 Å². The number of carbonyl (C=O) groups excluding carboxylic acids is 2. The second-order valence-corrected chi connectivity index (χ2v) is 7.33. The molecule has 0 saturated carbocycles. The number of hydrogen-bond acceptors (Lipinski definition) is 6. The molecule has 9 heteroatoms.